The highest BCUT2D eigenvalue weighted by atomic mass is 19.4. The van der Waals surface area contributed by atoms with Crippen LogP contribution in [0.1, 0.15) is 53.6 Å². The summed E-state index contributed by atoms with van der Waals surface area (Å²) in [5.74, 6) is -0.700. The fraction of sp³-hybridized carbons (Fsp3) is 0.409. The third-order valence-corrected chi connectivity index (χ3v) is 5.76. The van der Waals surface area contributed by atoms with Crippen LogP contribution in [0.5, 0.6) is 0 Å². The first-order chi connectivity index (χ1) is 14.6. The number of amides is 1. The lowest BCUT2D eigenvalue weighted by atomic mass is 10.0. The fourth-order valence-electron chi connectivity index (χ4n) is 4.24. The second kappa shape index (κ2) is 7.94. The lowest BCUT2D eigenvalue weighted by molar-refractivity contribution is -0.142. The Bertz CT molecular complexity index is 1110. The first-order valence-corrected chi connectivity index (χ1v) is 10.1. The SMILES string of the molecule is Cc1cc(C(F)(F)F)n2nc(C(=O)N3[C@@H](CCc4ccc(F)cc4)CC[C@H]3C)cc2n1. The van der Waals surface area contributed by atoms with E-state index in [4.69, 9.17) is 0 Å². The first kappa shape index (κ1) is 21.3. The van der Waals surface area contributed by atoms with Gasteiger partial charge in [-0.1, -0.05) is 12.1 Å². The zero-order chi connectivity index (χ0) is 22.3. The number of hydrogen-bond donors (Lipinski definition) is 0. The van der Waals surface area contributed by atoms with Crippen molar-refractivity contribution in [1.29, 1.82) is 0 Å². The molecule has 1 fully saturated rings. The average molecular weight is 434 g/mol. The number of hydrogen-bond acceptors (Lipinski definition) is 3. The van der Waals surface area contributed by atoms with Crippen LogP contribution in [0, 0.1) is 12.7 Å². The molecular weight excluding hydrogens is 412 g/mol. The lowest BCUT2D eigenvalue weighted by Gasteiger charge is -2.28. The smallest absolute Gasteiger partial charge is 0.332 e. The van der Waals surface area contributed by atoms with Crippen molar-refractivity contribution in [2.24, 2.45) is 0 Å². The molecule has 3 heterocycles. The van der Waals surface area contributed by atoms with E-state index in [1.165, 1.54) is 25.1 Å². The molecule has 164 valence electrons. The molecule has 0 spiro atoms. The Labute approximate surface area is 176 Å². The summed E-state index contributed by atoms with van der Waals surface area (Å²) in [6.07, 6.45) is -1.66. The summed E-state index contributed by atoms with van der Waals surface area (Å²) in [5.41, 5.74) is 0.145. The van der Waals surface area contributed by atoms with Crippen LogP contribution in [0.25, 0.3) is 5.65 Å². The highest BCUT2D eigenvalue weighted by molar-refractivity contribution is 5.94. The van der Waals surface area contributed by atoms with Gasteiger partial charge in [-0.2, -0.15) is 18.3 Å². The summed E-state index contributed by atoms with van der Waals surface area (Å²) in [6.45, 7) is 3.40. The Hall–Kier alpha value is -2.97. The molecule has 31 heavy (non-hydrogen) atoms. The Morgan fingerprint density at radius 2 is 1.87 bits per heavy atom. The lowest BCUT2D eigenvalue weighted by Crippen LogP contribution is -2.40. The molecule has 1 aliphatic rings. The first-order valence-electron chi connectivity index (χ1n) is 10.1. The summed E-state index contributed by atoms with van der Waals surface area (Å²) >= 11 is 0. The zero-order valence-corrected chi connectivity index (χ0v) is 17.2. The van der Waals surface area contributed by atoms with E-state index in [1.54, 1.807) is 17.0 Å². The van der Waals surface area contributed by atoms with Crippen LogP contribution in [0.2, 0.25) is 0 Å². The molecule has 0 saturated carbocycles. The van der Waals surface area contributed by atoms with E-state index in [0.29, 0.717) is 17.4 Å². The number of carbonyl (C=O) groups is 1. The van der Waals surface area contributed by atoms with Gasteiger partial charge in [0, 0.05) is 23.8 Å². The summed E-state index contributed by atoms with van der Waals surface area (Å²) in [7, 11) is 0. The minimum Gasteiger partial charge on any atom is -0.332 e. The van der Waals surface area contributed by atoms with E-state index in [1.807, 2.05) is 6.92 Å². The second-order valence-electron chi connectivity index (χ2n) is 8.04. The monoisotopic (exact) mass is 434 g/mol. The van der Waals surface area contributed by atoms with Crippen molar-refractivity contribution in [3.05, 3.63) is 64.9 Å². The normalized spacial score (nSPS) is 19.4. The van der Waals surface area contributed by atoms with Crippen molar-refractivity contribution in [3.63, 3.8) is 0 Å². The Balaban J connectivity index is 1.59. The van der Waals surface area contributed by atoms with Gasteiger partial charge in [0.1, 0.15) is 11.5 Å². The number of alkyl halides is 3. The van der Waals surface area contributed by atoms with Crippen molar-refractivity contribution < 1.29 is 22.4 Å². The highest BCUT2D eigenvalue weighted by Gasteiger charge is 2.38. The number of aromatic nitrogens is 3. The van der Waals surface area contributed by atoms with Crippen molar-refractivity contribution >= 4 is 11.6 Å². The molecular formula is C22H22F4N4O. The minimum atomic E-state index is -4.61. The molecule has 9 heteroatoms. The number of benzene rings is 1. The standard InChI is InChI=1S/C22H22F4N4O/c1-13-11-19(22(24,25)26)30-20(27-13)12-18(28-30)21(31)29-14(2)3-9-17(29)10-6-15-4-7-16(23)8-5-15/h4-5,7-8,11-12,14,17H,3,6,9-10H2,1-2H3/t14-,17-/m1/s1. The van der Waals surface area contributed by atoms with Crippen LogP contribution < -0.4 is 0 Å². The third-order valence-electron chi connectivity index (χ3n) is 5.76. The van der Waals surface area contributed by atoms with Crippen LogP contribution in [-0.2, 0) is 12.6 Å². The number of fused-ring (bicyclic) bond motifs is 1. The molecule has 4 rings (SSSR count). The molecule has 1 aliphatic heterocycles. The van der Waals surface area contributed by atoms with Crippen LogP contribution in [0.4, 0.5) is 17.6 Å². The van der Waals surface area contributed by atoms with Gasteiger partial charge in [0.15, 0.2) is 11.3 Å². The van der Waals surface area contributed by atoms with Crippen molar-refractivity contribution in [2.45, 2.75) is 57.8 Å². The largest absolute Gasteiger partial charge is 0.433 e. The quantitative estimate of drug-likeness (QED) is 0.553. The molecule has 2 atom stereocenters. The summed E-state index contributed by atoms with van der Waals surface area (Å²) < 4.78 is 54.0. The van der Waals surface area contributed by atoms with E-state index in [0.717, 1.165) is 24.5 Å². The maximum atomic E-state index is 13.4. The molecule has 3 aromatic rings. The molecule has 0 radical (unpaired) electrons. The third kappa shape index (κ3) is 4.26. The van der Waals surface area contributed by atoms with Crippen LogP contribution >= 0.6 is 0 Å². The van der Waals surface area contributed by atoms with Crippen molar-refractivity contribution in [3.8, 4) is 0 Å². The zero-order valence-electron chi connectivity index (χ0n) is 17.2. The summed E-state index contributed by atoms with van der Waals surface area (Å²) in [6, 6.07) is 8.36. The van der Waals surface area contributed by atoms with Gasteiger partial charge in [-0.25, -0.2) is 13.9 Å². The molecule has 0 N–H and O–H groups in total. The Kier molecular flexibility index (Phi) is 5.45. The number of nitrogens with zero attached hydrogens (tertiary/aromatic N) is 4. The molecule has 2 aromatic heterocycles. The molecule has 1 saturated heterocycles. The summed E-state index contributed by atoms with van der Waals surface area (Å²) in [4.78, 5) is 19.0. The van der Waals surface area contributed by atoms with Crippen LogP contribution in [0.15, 0.2) is 36.4 Å². The van der Waals surface area contributed by atoms with Gasteiger partial charge in [-0.3, -0.25) is 4.79 Å². The predicted molar refractivity (Wildman–Crippen MR) is 106 cm³/mol. The average Bonchev–Trinajstić information content (AvgIpc) is 3.29. The van der Waals surface area contributed by atoms with Crippen molar-refractivity contribution in [1.82, 2.24) is 19.5 Å². The van der Waals surface area contributed by atoms with Gasteiger partial charge in [0.2, 0.25) is 0 Å². The maximum Gasteiger partial charge on any atom is 0.433 e. The number of likely N-dealkylation sites (tertiary alicyclic amines) is 1. The van der Waals surface area contributed by atoms with Gasteiger partial charge in [-0.05, 0) is 63.3 Å². The van der Waals surface area contributed by atoms with Gasteiger partial charge < -0.3 is 4.90 Å². The van der Waals surface area contributed by atoms with E-state index in [2.05, 4.69) is 10.1 Å². The van der Waals surface area contributed by atoms with Gasteiger partial charge in [0.25, 0.3) is 5.91 Å². The van der Waals surface area contributed by atoms with Gasteiger partial charge in [0.05, 0.1) is 0 Å². The highest BCUT2D eigenvalue weighted by Crippen LogP contribution is 2.32. The van der Waals surface area contributed by atoms with Crippen LogP contribution in [-0.4, -0.2) is 37.5 Å². The number of aryl methyl sites for hydroxylation is 2. The van der Waals surface area contributed by atoms with Crippen molar-refractivity contribution in [2.75, 3.05) is 0 Å². The Morgan fingerprint density at radius 1 is 1.16 bits per heavy atom. The van der Waals surface area contributed by atoms with E-state index < -0.39 is 17.8 Å². The molecule has 5 nitrogen and oxygen atoms in total. The van der Waals surface area contributed by atoms with Crippen LogP contribution in [0.3, 0.4) is 0 Å². The number of rotatable bonds is 4. The summed E-state index contributed by atoms with van der Waals surface area (Å²) in [5, 5.41) is 3.96. The second-order valence-corrected chi connectivity index (χ2v) is 8.04. The molecule has 0 unspecified atom stereocenters. The van der Waals surface area contributed by atoms with Gasteiger partial charge in [-0.15, -0.1) is 0 Å². The maximum absolute atomic E-state index is 13.4. The molecule has 1 amide bonds. The predicted octanol–water partition coefficient (Wildman–Crippen LogP) is 4.82. The van der Waals surface area contributed by atoms with Gasteiger partial charge >= 0.3 is 6.18 Å². The number of halogens is 4. The number of carbonyl (C=O) groups excluding carboxylic acids is 1. The van der Waals surface area contributed by atoms with E-state index >= 15 is 0 Å². The molecule has 0 bridgehead atoms. The fourth-order valence-corrected chi connectivity index (χ4v) is 4.24. The molecule has 1 aromatic carbocycles. The minimum absolute atomic E-state index is 0.00890. The molecule has 0 aliphatic carbocycles. The van der Waals surface area contributed by atoms with E-state index in [9.17, 15) is 22.4 Å². The topological polar surface area (TPSA) is 50.5 Å². The Morgan fingerprint density at radius 3 is 2.55 bits per heavy atom. The van der Waals surface area contributed by atoms with E-state index in [-0.39, 0.29) is 34.9 Å².